The van der Waals surface area contributed by atoms with Crippen LogP contribution in [0.4, 0.5) is 0 Å². The molecule has 1 aromatic rings. The van der Waals surface area contributed by atoms with Crippen LogP contribution in [-0.4, -0.2) is 62.7 Å². The molecule has 5 nitrogen and oxygen atoms in total. The second-order valence-corrected chi connectivity index (χ2v) is 18.0. The van der Waals surface area contributed by atoms with E-state index in [2.05, 4.69) is 36.7 Å². The van der Waals surface area contributed by atoms with Gasteiger partial charge in [-0.2, -0.15) is 4.31 Å². The summed E-state index contributed by atoms with van der Waals surface area (Å²) < 4.78 is 27.9. The first-order chi connectivity index (χ1) is 13.9. The minimum Gasteiger partial charge on any atom is -0.375 e. The van der Waals surface area contributed by atoms with Crippen LogP contribution in [-0.2, 0) is 10.0 Å². The first-order valence-corrected chi connectivity index (χ1v) is 16.1. The average molecular weight is 451 g/mol. The minimum atomic E-state index is -3.74. The van der Waals surface area contributed by atoms with Crippen molar-refractivity contribution in [1.82, 2.24) is 9.21 Å². The van der Waals surface area contributed by atoms with Crippen LogP contribution >= 0.6 is 0 Å². The molecule has 0 bridgehead atoms. The van der Waals surface area contributed by atoms with Gasteiger partial charge in [0, 0.05) is 21.2 Å². The molecule has 0 amide bonds. The number of aliphatic hydroxyl groups is 1. The second-order valence-electron chi connectivity index (χ2n) is 10.5. The number of fused-ring (bicyclic) bond motifs is 1. The summed E-state index contributed by atoms with van der Waals surface area (Å²) >= 11 is 0. The van der Waals surface area contributed by atoms with Crippen LogP contribution in [0.15, 0.2) is 41.3 Å². The molecular formula is C23H38N2O3SSi. The lowest BCUT2D eigenvalue weighted by molar-refractivity contribution is -0.0993. The summed E-state index contributed by atoms with van der Waals surface area (Å²) in [6.45, 7) is 12.3. The van der Waals surface area contributed by atoms with Crippen LogP contribution in [0.25, 0.3) is 0 Å². The number of aryl methyl sites for hydroxylation is 1. The number of aliphatic hydroxyl groups excluding tert-OH is 1. The number of benzene rings is 1. The van der Waals surface area contributed by atoms with Gasteiger partial charge in [0.1, 0.15) is 6.23 Å². The Morgan fingerprint density at radius 1 is 1.20 bits per heavy atom. The Labute approximate surface area is 183 Å². The van der Waals surface area contributed by atoms with Crippen molar-refractivity contribution in [1.29, 1.82) is 0 Å². The van der Waals surface area contributed by atoms with Crippen molar-refractivity contribution in [3.8, 4) is 0 Å². The number of hydrogen-bond acceptors (Lipinski definition) is 4. The number of hydrogen-bond donors (Lipinski definition) is 1. The first-order valence-electron chi connectivity index (χ1n) is 11.0. The lowest BCUT2D eigenvalue weighted by atomic mass is 9.74. The fourth-order valence-corrected chi connectivity index (χ4v) is 7.52. The van der Waals surface area contributed by atoms with Crippen molar-refractivity contribution in [2.75, 3.05) is 20.1 Å². The zero-order chi connectivity index (χ0) is 22.3. The summed E-state index contributed by atoms with van der Waals surface area (Å²) in [4.78, 5) is 2.43. The maximum atomic E-state index is 13.3. The summed E-state index contributed by atoms with van der Waals surface area (Å²) in [6.07, 6.45) is 5.35. The monoisotopic (exact) mass is 450 g/mol. The quantitative estimate of drug-likeness (QED) is 0.527. The molecule has 2 aliphatic heterocycles. The number of rotatable bonds is 6. The molecule has 1 unspecified atom stereocenters. The zero-order valence-electron chi connectivity index (χ0n) is 19.3. The molecule has 0 saturated carbocycles. The Hall–Kier alpha value is -0.993. The standard InChI is InChI=1S/C23H38N2O3SSi/c1-18-10-12-20(13-11-18)29(27,28)25-15-14-21-19(9-7-8-16-30(4,5)6)17-24(3)23(21,2)22(25)26/h7-8,10-13,19,21-22,26H,9,14-17H2,1-6H3/b8-7+/t19-,21-,22?,23+/m1/s1. The van der Waals surface area contributed by atoms with E-state index in [9.17, 15) is 13.5 Å². The maximum absolute atomic E-state index is 13.3. The molecule has 0 spiro atoms. The number of nitrogens with zero attached hydrogens (tertiary/aromatic N) is 2. The highest BCUT2D eigenvalue weighted by Gasteiger charge is 2.58. The Kier molecular flexibility index (Phi) is 6.71. The van der Waals surface area contributed by atoms with Gasteiger partial charge >= 0.3 is 0 Å². The highest BCUT2D eigenvalue weighted by atomic mass is 32.2. The van der Waals surface area contributed by atoms with Gasteiger partial charge in [-0.3, -0.25) is 4.90 Å². The summed E-state index contributed by atoms with van der Waals surface area (Å²) in [5.41, 5.74) is 0.438. The van der Waals surface area contributed by atoms with E-state index < -0.39 is 29.9 Å². The van der Waals surface area contributed by atoms with Gasteiger partial charge in [-0.15, -0.1) is 0 Å². The summed E-state index contributed by atoms with van der Waals surface area (Å²) in [6, 6.07) is 8.06. The molecule has 4 atom stereocenters. The first kappa shape index (κ1) is 23.7. The normalized spacial score (nSPS) is 31.4. The van der Waals surface area contributed by atoms with Crippen LogP contribution < -0.4 is 0 Å². The predicted molar refractivity (Wildman–Crippen MR) is 126 cm³/mol. The van der Waals surface area contributed by atoms with Crippen molar-refractivity contribution in [2.45, 2.75) is 69.0 Å². The van der Waals surface area contributed by atoms with Crippen molar-refractivity contribution in [3.05, 3.63) is 42.0 Å². The van der Waals surface area contributed by atoms with Crippen molar-refractivity contribution in [3.63, 3.8) is 0 Å². The Morgan fingerprint density at radius 2 is 1.83 bits per heavy atom. The third kappa shape index (κ3) is 4.46. The molecule has 2 fully saturated rings. The lowest BCUT2D eigenvalue weighted by Crippen LogP contribution is -2.64. The maximum Gasteiger partial charge on any atom is 0.245 e. The van der Waals surface area contributed by atoms with E-state index in [4.69, 9.17) is 0 Å². The van der Waals surface area contributed by atoms with Crippen LogP contribution in [0.2, 0.25) is 25.7 Å². The van der Waals surface area contributed by atoms with E-state index in [0.717, 1.165) is 24.9 Å². The molecule has 1 N–H and O–H groups in total. The molecule has 7 heteroatoms. The predicted octanol–water partition coefficient (Wildman–Crippen LogP) is 3.93. The van der Waals surface area contributed by atoms with Gasteiger partial charge in [0.15, 0.2) is 0 Å². The van der Waals surface area contributed by atoms with E-state index in [0.29, 0.717) is 12.5 Å². The summed E-state index contributed by atoms with van der Waals surface area (Å²) in [7, 11) is -2.80. The zero-order valence-corrected chi connectivity index (χ0v) is 21.1. The fourth-order valence-electron chi connectivity index (χ4n) is 5.08. The summed E-state index contributed by atoms with van der Waals surface area (Å²) in [5.74, 6) is 0.718. The molecule has 2 aliphatic rings. The molecule has 0 aromatic heterocycles. The van der Waals surface area contributed by atoms with Crippen molar-refractivity contribution in [2.24, 2.45) is 11.8 Å². The van der Waals surface area contributed by atoms with Crippen LogP contribution in [0, 0.1) is 18.8 Å². The Bertz CT molecular complexity index is 879. The van der Waals surface area contributed by atoms with Gasteiger partial charge in [0.05, 0.1) is 10.4 Å². The van der Waals surface area contributed by atoms with Gasteiger partial charge < -0.3 is 5.11 Å². The van der Waals surface area contributed by atoms with E-state index in [1.165, 1.54) is 10.3 Å². The van der Waals surface area contributed by atoms with Gasteiger partial charge in [-0.05, 0) is 63.7 Å². The smallest absolute Gasteiger partial charge is 0.245 e. The van der Waals surface area contributed by atoms with Crippen molar-refractivity contribution < 1.29 is 13.5 Å². The number of likely N-dealkylation sites (tertiary alicyclic amines) is 1. The third-order valence-corrected chi connectivity index (χ3v) is 10.4. The van der Waals surface area contributed by atoms with E-state index >= 15 is 0 Å². The van der Waals surface area contributed by atoms with Gasteiger partial charge in [-0.25, -0.2) is 8.42 Å². The highest BCUT2D eigenvalue weighted by molar-refractivity contribution is 7.89. The number of sulfonamides is 1. The number of allylic oxidation sites excluding steroid dienone is 2. The molecule has 168 valence electrons. The largest absolute Gasteiger partial charge is 0.375 e. The topological polar surface area (TPSA) is 60.9 Å². The minimum absolute atomic E-state index is 0.251. The van der Waals surface area contributed by atoms with Gasteiger partial charge in [0.2, 0.25) is 10.0 Å². The number of piperidine rings is 1. The van der Waals surface area contributed by atoms with Crippen LogP contribution in [0.1, 0.15) is 25.3 Å². The molecule has 0 aliphatic carbocycles. The lowest BCUT2D eigenvalue weighted by Gasteiger charge is -2.49. The SMILES string of the molecule is Cc1ccc(S(=O)(=O)N2CC[C@@H]3[C@H](C/C=C/C[Si](C)(C)C)CN(C)[C@]3(C)C2O)cc1. The Balaban J connectivity index is 1.78. The third-order valence-electron chi connectivity index (χ3n) is 7.07. The van der Waals surface area contributed by atoms with Crippen LogP contribution in [0.5, 0.6) is 0 Å². The van der Waals surface area contributed by atoms with Gasteiger partial charge in [-0.1, -0.05) is 49.5 Å². The average Bonchev–Trinajstić information content (AvgIpc) is 2.90. The number of likely N-dealkylation sites (N-methyl/N-ethyl adjacent to an activating group) is 1. The molecule has 2 heterocycles. The molecule has 2 saturated heterocycles. The van der Waals surface area contributed by atoms with E-state index in [1.54, 1.807) is 24.3 Å². The second kappa shape index (κ2) is 8.51. The molecule has 0 radical (unpaired) electrons. The van der Waals surface area contributed by atoms with Crippen LogP contribution in [0.3, 0.4) is 0 Å². The summed E-state index contributed by atoms with van der Waals surface area (Å²) in [5, 5.41) is 11.3. The van der Waals surface area contributed by atoms with Gasteiger partial charge in [0.25, 0.3) is 0 Å². The fraction of sp³-hybridized carbons (Fsp3) is 0.652. The molecule has 3 rings (SSSR count). The highest BCUT2D eigenvalue weighted by Crippen LogP contribution is 2.48. The molecule has 30 heavy (non-hydrogen) atoms. The Morgan fingerprint density at radius 3 is 2.43 bits per heavy atom. The molecular weight excluding hydrogens is 412 g/mol. The molecule has 1 aromatic carbocycles. The van der Waals surface area contributed by atoms with E-state index in [-0.39, 0.29) is 10.8 Å². The van der Waals surface area contributed by atoms with E-state index in [1.807, 2.05) is 20.9 Å². The van der Waals surface area contributed by atoms with Crippen molar-refractivity contribution >= 4 is 18.1 Å².